The molecule has 0 radical (unpaired) electrons. The molecule has 30 heavy (non-hydrogen) atoms. The maximum atomic E-state index is 12.7. The van der Waals surface area contributed by atoms with Crippen LogP contribution in [-0.4, -0.2) is 27.7 Å². The van der Waals surface area contributed by atoms with Crippen molar-refractivity contribution in [3.8, 4) is 11.5 Å². The van der Waals surface area contributed by atoms with Gasteiger partial charge < -0.3 is 9.47 Å². The molecule has 0 N–H and O–H groups in total. The second-order valence-electron chi connectivity index (χ2n) is 6.78. The number of carbonyl (C=O) groups is 1. The van der Waals surface area contributed by atoms with Crippen molar-refractivity contribution in [3.05, 3.63) is 81.5 Å². The summed E-state index contributed by atoms with van der Waals surface area (Å²) in [7, 11) is 1.57. The number of benzene rings is 1. The number of nitrogens with zero attached hydrogens (tertiary/aromatic N) is 3. The highest BCUT2D eigenvalue weighted by Gasteiger charge is 2.13. The van der Waals surface area contributed by atoms with Crippen LogP contribution in [0, 0.1) is 6.92 Å². The minimum atomic E-state index is -0.410. The van der Waals surface area contributed by atoms with Crippen LogP contribution in [0.25, 0.3) is 0 Å². The highest BCUT2D eigenvalue weighted by atomic mass is 79.9. The van der Waals surface area contributed by atoms with Gasteiger partial charge in [-0.05, 0) is 37.1 Å². The number of hydrogen-bond acceptors (Lipinski definition) is 6. The summed E-state index contributed by atoms with van der Waals surface area (Å²) in [6.07, 6.45) is 3.01. The molecule has 0 amide bonds. The summed E-state index contributed by atoms with van der Waals surface area (Å²) in [6.45, 7) is 3.95. The molecule has 1 atom stereocenters. The van der Waals surface area contributed by atoms with E-state index in [0.717, 1.165) is 15.8 Å². The molecule has 8 heteroatoms. The number of Topliss-reactive ketones (excluding diaryl/α,β-unsaturated/α-hetero) is 1. The summed E-state index contributed by atoms with van der Waals surface area (Å²) >= 11 is 3.52. The summed E-state index contributed by atoms with van der Waals surface area (Å²) in [6, 6.07) is 10.5. The first-order valence-corrected chi connectivity index (χ1v) is 10.3. The first kappa shape index (κ1) is 21.7. The van der Waals surface area contributed by atoms with Crippen molar-refractivity contribution in [1.29, 1.82) is 0 Å². The molecule has 0 aliphatic carbocycles. The van der Waals surface area contributed by atoms with E-state index in [2.05, 4.69) is 26.0 Å². The van der Waals surface area contributed by atoms with Crippen LogP contribution < -0.4 is 15.0 Å². The summed E-state index contributed by atoms with van der Waals surface area (Å²) in [5.74, 6) is 0.791. The van der Waals surface area contributed by atoms with E-state index >= 15 is 0 Å². The van der Waals surface area contributed by atoms with E-state index in [0.29, 0.717) is 22.8 Å². The van der Waals surface area contributed by atoms with Crippen LogP contribution in [0.2, 0.25) is 0 Å². The molecule has 1 unspecified atom stereocenters. The zero-order valence-corrected chi connectivity index (χ0v) is 18.5. The molecule has 0 aliphatic heterocycles. The number of hydrogen-bond donors (Lipinski definition) is 0. The molecule has 0 saturated heterocycles. The maximum Gasteiger partial charge on any atom is 0.270 e. The molecule has 0 spiro atoms. The zero-order valence-electron chi connectivity index (χ0n) is 17.0. The zero-order chi connectivity index (χ0) is 21.7. The Kier molecular flexibility index (Phi) is 6.99. The Labute approximate surface area is 182 Å². The van der Waals surface area contributed by atoms with Gasteiger partial charge in [-0.15, -0.1) is 0 Å². The van der Waals surface area contributed by atoms with Gasteiger partial charge in [-0.2, -0.15) is 5.10 Å². The number of pyridine rings is 1. The van der Waals surface area contributed by atoms with E-state index < -0.39 is 5.56 Å². The van der Waals surface area contributed by atoms with E-state index in [1.807, 2.05) is 26.0 Å². The summed E-state index contributed by atoms with van der Waals surface area (Å²) in [5.41, 5.74) is 2.81. The molecule has 0 saturated carbocycles. The number of rotatable bonds is 8. The number of alkyl halides is 1. The van der Waals surface area contributed by atoms with Crippen molar-refractivity contribution in [2.75, 3.05) is 7.11 Å². The third kappa shape index (κ3) is 5.33. The van der Waals surface area contributed by atoms with Crippen LogP contribution in [0.1, 0.15) is 38.9 Å². The van der Waals surface area contributed by atoms with Crippen LogP contribution in [-0.2, 0) is 13.2 Å². The Morgan fingerprint density at radius 2 is 1.97 bits per heavy atom. The van der Waals surface area contributed by atoms with Gasteiger partial charge in [0.1, 0.15) is 24.7 Å². The van der Waals surface area contributed by atoms with Gasteiger partial charge in [0, 0.05) is 16.5 Å². The van der Waals surface area contributed by atoms with Crippen molar-refractivity contribution in [2.24, 2.45) is 0 Å². The molecule has 2 aromatic heterocycles. The van der Waals surface area contributed by atoms with Crippen molar-refractivity contribution in [2.45, 2.75) is 31.8 Å². The number of carbonyl (C=O) groups excluding carboxylic acids is 1. The van der Waals surface area contributed by atoms with Crippen LogP contribution in [0.3, 0.4) is 0 Å². The Bertz CT molecular complexity index is 1090. The number of ether oxygens (including phenoxy) is 2. The van der Waals surface area contributed by atoms with Gasteiger partial charge in [0.15, 0.2) is 5.78 Å². The van der Waals surface area contributed by atoms with E-state index in [1.54, 1.807) is 31.5 Å². The predicted octanol–water partition coefficient (Wildman–Crippen LogP) is 3.87. The van der Waals surface area contributed by atoms with Crippen LogP contribution in [0.15, 0.2) is 53.6 Å². The highest BCUT2D eigenvalue weighted by molar-refractivity contribution is 9.09. The van der Waals surface area contributed by atoms with Gasteiger partial charge in [-0.25, -0.2) is 4.68 Å². The van der Waals surface area contributed by atoms with Gasteiger partial charge in [0.25, 0.3) is 5.56 Å². The van der Waals surface area contributed by atoms with Gasteiger partial charge >= 0.3 is 0 Å². The number of halogens is 1. The fraction of sp³-hybridized carbons (Fsp3) is 0.273. The number of aryl methyl sites for hydroxylation is 1. The summed E-state index contributed by atoms with van der Waals surface area (Å²) in [5, 5.41) is 4.07. The maximum absolute atomic E-state index is 12.7. The van der Waals surface area contributed by atoms with Crippen molar-refractivity contribution in [3.63, 3.8) is 0 Å². The quantitative estimate of drug-likeness (QED) is 0.366. The third-order valence-corrected chi connectivity index (χ3v) is 5.10. The Morgan fingerprint density at radius 1 is 1.17 bits per heavy atom. The molecule has 3 aromatic rings. The average molecular weight is 472 g/mol. The lowest BCUT2D eigenvalue weighted by atomic mass is 10.0. The van der Waals surface area contributed by atoms with Gasteiger partial charge in [0.2, 0.25) is 0 Å². The van der Waals surface area contributed by atoms with E-state index in [1.165, 1.54) is 12.3 Å². The first-order valence-electron chi connectivity index (χ1n) is 9.34. The number of methoxy groups -OCH3 is 1. The largest absolute Gasteiger partial charge is 0.495 e. The third-order valence-electron chi connectivity index (χ3n) is 4.57. The number of aromatic nitrogens is 3. The summed E-state index contributed by atoms with van der Waals surface area (Å²) in [4.78, 5) is 29.4. The van der Waals surface area contributed by atoms with E-state index in [-0.39, 0.29) is 23.8 Å². The normalized spacial score (nSPS) is 11.7. The van der Waals surface area contributed by atoms with Crippen LogP contribution in [0.4, 0.5) is 0 Å². The van der Waals surface area contributed by atoms with Crippen molar-refractivity contribution < 1.29 is 14.3 Å². The smallest absolute Gasteiger partial charge is 0.270 e. The Hall–Kier alpha value is -3.00. The molecule has 156 valence electrons. The first-order chi connectivity index (χ1) is 14.4. The molecular weight excluding hydrogens is 450 g/mol. The van der Waals surface area contributed by atoms with E-state index in [9.17, 15) is 9.59 Å². The fourth-order valence-corrected chi connectivity index (χ4v) is 3.14. The second-order valence-corrected chi connectivity index (χ2v) is 8.15. The second kappa shape index (κ2) is 9.67. The molecular formula is C22H22BrN3O4. The highest BCUT2D eigenvalue weighted by Crippen LogP contribution is 2.24. The number of ketones is 1. The topological polar surface area (TPSA) is 83.3 Å². The van der Waals surface area contributed by atoms with E-state index in [4.69, 9.17) is 9.47 Å². The van der Waals surface area contributed by atoms with Crippen LogP contribution in [0.5, 0.6) is 11.5 Å². The van der Waals surface area contributed by atoms with Gasteiger partial charge in [0.05, 0.1) is 25.2 Å². The molecule has 3 rings (SSSR count). The van der Waals surface area contributed by atoms with Crippen molar-refractivity contribution in [1.82, 2.24) is 14.8 Å². The average Bonchev–Trinajstić information content (AvgIpc) is 2.74. The lowest BCUT2D eigenvalue weighted by Crippen LogP contribution is -2.26. The molecule has 0 aliphatic rings. The summed E-state index contributed by atoms with van der Waals surface area (Å²) < 4.78 is 11.8. The molecule has 2 heterocycles. The standard InChI is InChI=1S/C22H22BrN3O4/c1-14-8-16(15(2)23)4-7-20(14)21(27)12-26-22(28)9-19(11-25-26)30-13-17-5-6-18(29-3)10-24-17/h4-11,15H,12-13H2,1-3H3. The van der Waals surface area contributed by atoms with Gasteiger partial charge in [-0.3, -0.25) is 14.6 Å². The monoisotopic (exact) mass is 471 g/mol. The lowest BCUT2D eigenvalue weighted by molar-refractivity contribution is 0.0964. The lowest BCUT2D eigenvalue weighted by Gasteiger charge is -2.11. The minimum absolute atomic E-state index is 0.136. The van der Waals surface area contributed by atoms with Crippen molar-refractivity contribution >= 4 is 21.7 Å². The molecule has 0 bridgehead atoms. The van der Waals surface area contributed by atoms with Crippen LogP contribution >= 0.6 is 15.9 Å². The predicted molar refractivity (Wildman–Crippen MR) is 116 cm³/mol. The molecule has 0 fully saturated rings. The Balaban J connectivity index is 1.66. The minimum Gasteiger partial charge on any atom is -0.495 e. The Morgan fingerprint density at radius 3 is 2.57 bits per heavy atom. The SMILES string of the molecule is COc1ccc(COc2cnn(CC(=O)c3ccc(C(C)Br)cc3C)c(=O)c2)nc1. The fourth-order valence-electron chi connectivity index (χ4n) is 2.86. The molecule has 1 aromatic carbocycles. The van der Waals surface area contributed by atoms with Gasteiger partial charge in [-0.1, -0.05) is 34.1 Å². The molecule has 7 nitrogen and oxygen atoms in total.